The standard InChI is InChI=1S/C28H27NO6/c1-16-6-7-17(2)21(14-16)29-25(18-8-11-20(33-3)12-9-18)24(27(31)28(29)32)26(30)19-10-13-22(34-4)23(15-19)35-5/h6-15,25,30H,1-5H3/b26-24-. The topological polar surface area (TPSA) is 85.3 Å². The SMILES string of the molecule is COc1ccc(C2/C(=C(/O)c3ccc(OC)c(OC)c3)C(=O)C(=O)N2c2cc(C)ccc2C)cc1. The molecule has 1 N–H and O–H groups in total. The van der Waals surface area contributed by atoms with Crippen LogP contribution in [0.25, 0.3) is 5.76 Å². The zero-order valence-corrected chi connectivity index (χ0v) is 20.3. The maximum atomic E-state index is 13.4. The van der Waals surface area contributed by atoms with Crippen LogP contribution in [0.1, 0.15) is 28.3 Å². The molecule has 7 heteroatoms. The minimum Gasteiger partial charge on any atom is -0.507 e. The first-order chi connectivity index (χ1) is 16.8. The van der Waals surface area contributed by atoms with Gasteiger partial charge in [0.15, 0.2) is 11.5 Å². The monoisotopic (exact) mass is 473 g/mol. The highest BCUT2D eigenvalue weighted by atomic mass is 16.5. The molecule has 0 aromatic heterocycles. The summed E-state index contributed by atoms with van der Waals surface area (Å²) in [6, 6.07) is 16.8. The third-order valence-corrected chi connectivity index (χ3v) is 6.16. The van der Waals surface area contributed by atoms with Gasteiger partial charge in [-0.15, -0.1) is 0 Å². The Kier molecular flexibility index (Phi) is 6.51. The van der Waals surface area contributed by atoms with E-state index in [1.807, 2.05) is 32.0 Å². The van der Waals surface area contributed by atoms with E-state index < -0.39 is 17.7 Å². The highest BCUT2D eigenvalue weighted by Crippen LogP contribution is 2.44. The largest absolute Gasteiger partial charge is 0.507 e. The van der Waals surface area contributed by atoms with Gasteiger partial charge in [-0.25, -0.2) is 0 Å². The molecule has 1 amide bonds. The Balaban J connectivity index is 1.96. The maximum Gasteiger partial charge on any atom is 0.300 e. The molecule has 0 saturated carbocycles. The summed E-state index contributed by atoms with van der Waals surface area (Å²) in [5, 5.41) is 11.4. The van der Waals surface area contributed by atoms with Gasteiger partial charge in [0.1, 0.15) is 11.5 Å². The molecule has 1 aliphatic heterocycles. The summed E-state index contributed by atoms with van der Waals surface area (Å²) >= 11 is 0. The van der Waals surface area contributed by atoms with Crippen LogP contribution in [-0.4, -0.2) is 38.1 Å². The van der Waals surface area contributed by atoms with Gasteiger partial charge in [-0.2, -0.15) is 0 Å². The van der Waals surface area contributed by atoms with Crippen molar-refractivity contribution in [2.45, 2.75) is 19.9 Å². The molecule has 1 unspecified atom stereocenters. The average molecular weight is 474 g/mol. The first kappa shape index (κ1) is 23.9. The van der Waals surface area contributed by atoms with Gasteiger partial charge in [-0.1, -0.05) is 24.3 Å². The average Bonchev–Trinajstić information content (AvgIpc) is 3.14. The lowest BCUT2D eigenvalue weighted by Gasteiger charge is -2.27. The molecular formula is C28H27NO6. The number of nitrogens with zero attached hydrogens (tertiary/aromatic N) is 1. The van der Waals surface area contributed by atoms with Crippen molar-refractivity contribution in [1.29, 1.82) is 0 Å². The molecule has 1 heterocycles. The molecule has 1 atom stereocenters. The summed E-state index contributed by atoms with van der Waals surface area (Å²) in [5.74, 6) is -0.260. The number of aryl methyl sites for hydroxylation is 2. The third kappa shape index (κ3) is 4.21. The van der Waals surface area contributed by atoms with E-state index in [2.05, 4.69) is 0 Å². The van der Waals surface area contributed by atoms with Crippen molar-refractivity contribution >= 4 is 23.1 Å². The number of amides is 1. The van der Waals surface area contributed by atoms with Crippen molar-refractivity contribution < 1.29 is 28.9 Å². The Hall–Kier alpha value is -4.26. The van der Waals surface area contributed by atoms with Gasteiger partial charge < -0.3 is 19.3 Å². The number of aliphatic hydroxyl groups excluding tert-OH is 1. The third-order valence-electron chi connectivity index (χ3n) is 6.16. The second-order valence-corrected chi connectivity index (χ2v) is 8.30. The van der Waals surface area contributed by atoms with E-state index in [4.69, 9.17) is 14.2 Å². The number of benzene rings is 3. The molecule has 3 aromatic carbocycles. The molecule has 1 saturated heterocycles. The number of Topliss-reactive ketones (excluding diaryl/α,β-unsaturated/α-hetero) is 1. The summed E-state index contributed by atoms with van der Waals surface area (Å²) in [6.07, 6.45) is 0. The van der Waals surface area contributed by atoms with E-state index in [1.54, 1.807) is 49.6 Å². The minimum absolute atomic E-state index is 0.00621. The second-order valence-electron chi connectivity index (χ2n) is 8.30. The zero-order valence-electron chi connectivity index (χ0n) is 20.3. The Morgan fingerprint density at radius 3 is 2.14 bits per heavy atom. The number of aliphatic hydroxyl groups is 1. The number of carbonyl (C=O) groups excluding carboxylic acids is 2. The predicted molar refractivity (Wildman–Crippen MR) is 133 cm³/mol. The molecule has 7 nitrogen and oxygen atoms in total. The van der Waals surface area contributed by atoms with E-state index in [1.165, 1.54) is 19.1 Å². The van der Waals surface area contributed by atoms with Crippen LogP contribution in [0.15, 0.2) is 66.2 Å². The van der Waals surface area contributed by atoms with Gasteiger partial charge >= 0.3 is 0 Å². The molecule has 1 aliphatic rings. The number of carbonyl (C=O) groups is 2. The Morgan fingerprint density at radius 1 is 0.829 bits per heavy atom. The molecule has 0 bridgehead atoms. The number of methoxy groups -OCH3 is 3. The predicted octanol–water partition coefficient (Wildman–Crippen LogP) is 4.96. The molecule has 4 rings (SSSR count). The van der Waals surface area contributed by atoms with Gasteiger partial charge in [0.05, 0.1) is 32.9 Å². The van der Waals surface area contributed by atoms with Gasteiger partial charge in [0.25, 0.3) is 11.7 Å². The van der Waals surface area contributed by atoms with E-state index in [9.17, 15) is 14.7 Å². The van der Waals surface area contributed by atoms with Crippen molar-refractivity contribution in [3.05, 3.63) is 88.5 Å². The summed E-state index contributed by atoms with van der Waals surface area (Å²) in [4.78, 5) is 28.3. The molecule has 1 fully saturated rings. The molecule has 0 spiro atoms. The molecule has 0 radical (unpaired) electrons. The molecular weight excluding hydrogens is 446 g/mol. The summed E-state index contributed by atoms with van der Waals surface area (Å²) in [7, 11) is 4.56. The molecule has 180 valence electrons. The van der Waals surface area contributed by atoms with E-state index >= 15 is 0 Å². The van der Waals surface area contributed by atoms with Crippen LogP contribution in [-0.2, 0) is 9.59 Å². The second kappa shape index (κ2) is 9.54. The number of ether oxygens (including phenoxy) is 3. The lowest BCUT2D eigenvalue weighted by molar-refractivity contribution is -0.132. The fourth-order valence-corrected chi connectivity index (χ4v) is 4.30. The lowest BCUT2D eigenvalue weighted by Crippen LogP contribution is -2.30. The number of ketones is 1. The van der Waals surface area contributed by atoms with Gasteiger partial charge in [-0.3, -0.25) is 14.5 Å². The molecule has 35 heavy (non-hydrogen) atoms. The summed E-state index contributed by atoms with van der Waals surface area (Å²) in [6.45, 7) is 3.80. The van der Waals surface area contributed by atoms with Crippen LogP contribution >= 0.6 is 0 Å². The van der Waals surface area contributed by atoms with Crippen LogP contribution in [0.2, 0.25) is 0 Å². The zero-order chi connectivity index (χ0) is 25.3. The van der Waals surface area contributed by atoms with E-state index in [0.717, 1.165) is 11.1 Å². The Bertz CT molecular complexity index is 1330. The van der Waals surface area contributed by atoms with Gasteiger partial charge in [0, 0.05) is 11.3 Å². The van der Waals surface area contributed by atoms with Crippen molar-refractivity contribution in [2.24, 2.45) is 0 Å². The first-order valence-corrected chi connectivity index (χ1v) is 11.0. The molecule has 3 aromatic rings. The van der Waals surface area contributed by atoms with Crippen molar-refractivity contribution in [2.75, 3.05) is 26.2 Å². The quantitative estimate of drug-likeness (QED) is 0.310. The summed E-state index contributed by atoms with van der Waals surface area (Å²) in [5.41, 5.74) is 3.38. The first-order valence-electron chi connectivity index (χ1n) is 11.0. The van der Waals surface area contributed by atoms with Crippen LogP contribution < -0.4 is 19.1 Å². The smallest absolute Gasteiger partial charge is 0.300 e. The van der Waals surface area contributed by atoms with Crippen molar-refractivity contribution in [3.63, 3.8) is 0 Å². The highest BCUT2D eigenvalue weighted by Gasteiger charge is 2.47. The fourth-order valence-electron chi connectivity index (χ4n) is 4.30. The van der Waals surface area contributed by atoms with E-state index in [0.29, 0.717) is 34.1 Å². The highest BCUT2D eigenvalue weighted by molar-refractivity contribution is 6.51. The minimum atomic E-state index is -0.838. The summed E-state index contributed by atoms with van der Waals surface area (Å²) < 4.78 is 15.9. The van der Waals surface area contributed by atoms with Crippen molar-refractivity contribution in [1.82, 2.24) is 0 Å². The van der Waals surface area contributed by atoms with Crippen molar-refractivity contribution in [3.8, 4) is 17.2 Å². The molecule has 0 aliphatic carbocycles. The van der Waals surface area contributed by atoms with Crippen LogP contribution in [0.3, 0.4) is 0 Å². The van der Waals surface area contributed by atoms with Crippen LogP contribution in [0, 0.1) is 13.8 Å². The van der Waals surface area contributed by atoms with Crippen LogP contribution in [0.4, 0.5) is 5.69 Å². The number of hydrogen-bond acceptors (Lipinski definition) is 6. The number of anilines is 1. The number of hydrogen-bond donors (Lipinski definition) is 1. The van der Waals surface area contributed by atoms with Gasteiger partial charge in [0.2, 0.25) is 0 Å². The Morgan fingerprint density at radius 2 is 1.51 bits per heavy atom. The number of rotatable bonds is 6. The fraction of sp³-hybridized carbons (Fsp3) is 0.214. The maximum absolute atomic E-state index is 13.4. The Labute approximate surface area is 204 Å². The lowest BCUT2D eigenvalue weighted by atomic mass is 9.94. The van der Waals surface area contributed by atoms with Gasteiger partial charge in [-0.05, 0) is 66.9 Å². The normalized spacial score (nSPS) is 16.9. The van der Waals surface area contributed by atoms with Crippen LogP contribution in [0.5, 0.6) is 17.2 Å². The van der Waals surface area contributed by atoms with E-state index in [-0.39, 0.29) is 11.3 Å².